The van der Waals surface area contributed by atoms with E-state index in [1.165, 1.54) is 0 Å². The number of hydrogen-bond donors (Lipinski definition) is 2. The summed E-state index contributed by atoms with van der Waals surface area (Å²) in [5, 5.41) is 3.05. The Morgan fingerprint density at radius 3 is 2.29 bits per heavy atom. The largest absolute Gasteiger partial charge is 0.373 e. The minimum atomic E-state index is -0.107. The zero-order valence-corrected chi connectivity index (χ0v) is 17.9. The number of nitrogens with one attached hydrogen (secondary N) is 1. The van der Waals surface area contributed by atoms with Crippen molar-refractivity contribution in [3.05, 3.63) is 65.2 Å². The van der Waals surface area contributed by atoms with Gasteiger partial charge in [0.1, 0.15) is 0 Å². The number of hydrogen-bond acceptors (Lipinski definition) is 4. The lowest BCUT2D eigenvalue weighted by atomic mass is 10.1. The number of halogens is 2. The SMILES string of the molecule is CC1CN(Cc2ccccc2NC(=O)c2ccc(CN)cc2)CC(C)O1.Cl.Cl. The maximum Gasteiger partial charge on any atom is 0.255 e. The molecule has 1 amide bonds. The van der Waals surface area contributed by atoms with Crippen molar-refractivity contribution in [2.45, 2.75) is 39.1 Å². The van der Waals surface area contributed by atoms with Crippen molar-refractivity contribution in [1.82, 2.24) is 4.90 Å². The van der Waals surface area contributed by atoms with Crippen LogP contribution in [0.4, 0.5) is 5.69 Å². The Labute approximate surface area is 179 Å². The molecule has 154 valence electrons. The summed E-state index contributed by atoms with van der Waals surface area (Å²) in [6.45, 7) is 7.25. The van der Waals surface area contributed by atoms with Crippen molar-refractivity contribution >= 4 is 36.4 Å². The number of para-hydroxylation sites is 1. The molecule has 3 N–H and O–H groups in total. The fourth-order valence-corrected chi connectivity index (χ4v) is 3.42. The third kappa shape index (κ3) is 6.47. The predicted molar refractivity (Wildman–Crippen MR) is 119 cm³/mol. The highest BCUT2D eigenvalue weighted by Crippen LogP contribution is 2.21. The first kappa shape index (κ1) is 24.4. The molecule has 1 saturated heterocycles. The molecule has 0 radical (unpaired) electrons. The number of ether oxygens (including phenoxy) is 1. The molecule has 2 unspecified atom stereocenters. The highest BCUT2D eigenvalue weighted by Gasteiger charge is 2.22. The van der Waals surface area contributed by atoms with Crippen LogP contribution in [0, 0.1) is 0 Å². The molecule has 2 aromatic rings. The standard InChI is InChI=1S/C21H27N3O2.2ClH/c1-15-12-24(13-16(2)26-15)14-19-5-3-4-6-20(19)23-21(25)18-9-7-17(11-22)8-10-18;;/h3-10,15-16H,11-14,22H2,1-2H3,(H,23,25);2*1H. The molecule has 28 heavy (non-hydrogen) atoms. The molecule has 0 aliphatic carbocycles. The maximum atomic E-state index is 12.6. The Morgan fingerprint density at radius 2 is 1.68 bits per heavy atom. The summed E-state index contributed by atoms with van der Waals surface area (Å²) in [7, 11) is 0. The Bertz CT molecular complexity index is 746. The summed E-state index contributed by atoms with van der Waals surface area (Å²) < 4.78 is 5.81. The third-order valence-corrected chi connectivity index (χ3v) is 4.61. The fraction of sp³-hybridized carbons (Fsp3) is 0.381. The van der Waals surface area contributed by atoms with E-state index in [0.29, 0.717) is 12.1 Å². The van der Waals surface area contributed by atoms with Crippen LogP contribution in [0.2, 0.25) is 0 Å². The fourth-order valence-electron chi connectivity index (χ4n) is 3.42. The van der Waals surface area contributed by atoms with Gasteiger partial charge in [-0.25, -0.2) is 0 Å². The summed E-state index contributed by atoms with van der Waals surface area (Å²) >= 11 is 0. The topological polar surface area (TPSA) is 67.6 Å². The number of carbonyl (C=O) groups excluding carboxylic acids is 1. The molecule has 0 saturated carbocycles. The van der Waals surface area contributed by atoms with Crippen molar-refractivity contribution in [1.29, 1.82) is 0 Å². The van der Waals surface area contributed by atoms with Crippen LogP contribution in [-0.4, -0.2) is 36.1 Å². The normalized spacial score (nSPS) is 19.2. The third-order valence-electron chi connectivity index (χ3n) is 4.61. The first-order chi connectivity index (χ1) is 12.5. The van der Waals surface area contributed by atoms with E-state index in [-0.39, 0.29) is 42.9 Å². The number of anilines is 1. The number of benzene rings is 2. The number of morpholine rings is 1. The predicted octanol–water partition coefficient (Wildman–Crippen LogP) is 3.85. The Kier molecular flexibility index (Phi) is 9.93. The highest BCUT2D eigenvalue weighted by atomic mass is 35.5. The minimum Gasteiger partial charge on any atom is -0.373 e. The zero-order valence-electron chi connectivity index (χ0n) is 16.3. The van der Waals surface area contributed by atoms with E-state index in [2.05, 4.69) is 30.1 Å². The van der Waals surface area contributed by atoms with Gasteiger partial charge in [-0.3, -0.25) is 9.69 Å². The van der Waals surface area contributed by atoms with Gasteiger partial charge in [-0.1, -0.05) is 30.3 Å². The van der Waals surface area contributed by atoms with Crippen LogP contribution in [0.15, 0.2) is 48.5 Å². The molecule has 7 heteroatoms. The quantitative estimate of drug-likeness (QED) is 0.762. The smallest absolute Gasteiger partial charge is 0.255 e. The van der Waals surface area contributed by atoms with Gasteiger partial charge in [-0.05, 0) is 43.2 Å². The molecular weight excluding hydrogens is 397 g/mol. The van der Waals surface area contributed by atoms with Crippen LogP contribution in [0.25, 0.3) is 0 Å². The summed E-state index contributed by atoms with van der Waals surface area (Å²) in [6.07, 6.45) is 0.447. The van der Waals surface area contributed by atoms with Crippen LogP contribution in [0.5, 0.6) is 0 Å². The number of nitrogens with zero attached hydrogens (tertiary/aromatic N) is 1. The van der Waals surface area contributed by atoms with Crippen LogP contribution < -0.4 is 11.1 Å². The summed E-state index contributed by atoms with van der Waals surface area (Å²) in [6, 6.07) is 15.4. The van der Waals surface area contributed by atoms with Gasteiger partial charge >= 0.3 is 0 Å². The lowest BCUT2D eigenvalue weighted by Gasteiger charge is -2.35. The van der Waals surface area contributed by atoms with Crippen LogP contribution in [-0.2, 0) is 17.8 Å². The van der Waals surface area contributed by atoms with Crippen LogP contribution in [0.3, 0.4) is 0 Å². The second kappa shape index (κ2) is 11.4. The zero-order chi connectivity index (χ0) is 18.5. The number of carbonyl (C=O) groups is 1. The summed E-state index contributed by atoms with van der Waals surface area (Å²) in [5.41, 5.74) is 9.22. The summed E-state index contributed by atoms with van der Waals surface area (Å²) in [4.78, 5) is 15.0. The monoisotopic (exact) mass is 425 g/mol. The first-order valence-corrected chi connectivity index (χ1v) is 9.11. The van der Waals surface area contributed by atoms with E-state index in [1.54, 1.807) is 0 Å². The van der Waals surface area contributed by atoms with Crippen molar-refractivity contribution in [2.75, 3.05) is 18.4 Å². The second-order valence-corrected chi connectivity index (χ2v) is 6.96. The highest BCUT2D eigenvalue weighted by molar-refractivity contribution is 6.04. The van der Waals surface area contributed by atoms with E-state index < -0.39 is 0 Å². The van der Waals surface area contributed by atoms with Gasteiger partial charge in [-0.2, -0.15) is 0 Å². The Hall–Kier alpha value is -1.63. The average Bonchev–Trinajstić information content (AvgIpc) is 2.62. The second-order valence-electron chi connectivity index (χ2n) is 6.96. The molecule has 2 atom stereocenters. The van der Waals surface area contributed by atoms with E-state index >= 15 is 0 Å². The molecule has 1 fully saturated rings. The van der Waals surface area contributed by atoms with Crippen molar-refractivity contribution in [2.24, 2.45) is 5.73 Å². The van der Waals surface area contributed by atoms with Crippen molar-refractivity contribution in [3.8, 4) is 0 Å². The van der Waals surface area contributed by atoms with Crippen molar-refractivity contribution in [3.63, 3.8) is 0 Å². The number of amides is 1. The Balaban J connectivity index is 0.00000196. The van der Waals surface area contributed by atoms with Gasteiger partial charge in [0.25, 0.3) is 5.91 Å². The average molecular weight is 426 g/mol. The van der Waals surface area contributed by atoms with E-state index in [9.17, 15) is 4.79 Å². The molecule has 5 nitrogen and oxygen atoms in total. The van der Waals surface area contributed by atoms with Gasteiger partial charge in [0.2, 0.25) is 0 Å². The van der Waals surface area contributed by atoms with Gasteiger partial charge in [0.15, 0.2) is 0 Å². The Morgan fingerprint density at radius 1 is 1.07 bits per heavy atom. The summed E-state index contributed by atoms with van der Waals surface area (Å²) in [5.74, 6) is -0.107. The van der Waals surface area contributed by atoms with Gasteiger partial charge in [0, 0.05) is 37.4 Å². The number of rotatable bonds is 5. The van der Waals surface area contributed by atoms with E-state index in [0.717, 1.165) is 36.4 Å². The molecule has 0 spiro atoms. The molecular formula is C21H29Cl2N3O2. The molecule has 0 bridgehead atoms. The van der Waals surface area contributed by atoms with Gasteiger partial charge in [0.05, 0.1) is 12.2 Å². The molecule has 3 rings (SSSR count). The molecule has 1 aliphatic rings. The van der Waals surface area contributed by atoms with Gasteiger partial charge < -0.3 is 15.8 Å². The van der Waals surface area contributed by atoms with Crippen LogP contribution in [0.1, 0.15) is 35.3 Å². The van der Waals surface area contributed by atoms with Crippen molar-refractivity contribution < 1.29 is 9.53 Å². The van der Waals surface area contributed by atoms with E-state index in [4.69, 9.17) is 10.5 Å². The van der Waals surface area contributed by atoms with Gasteiger partial charge in [-0.15, -0.1) is 24.8 Å². The molecule has 1 aliphatic heterocycles. The molecule has 0 aromatic heterocycles. The first-order valence-electron chi connectivity index (χ1n) is 9.11. The lowest BCUT2D eigenvalue weighted by molar-refractivity contribution is -0.0704. The van der Waals surface area contributed by atoms with E-state index in [1.807, 2.05) is 42.5 Å². The maximum absolute atomic E-state index is 12.6. The number of nitrogens with two attached hydrogens (primary N) is 1. The van der Waals surface area contributed by atoms with Crippen LogP contribution >= 0.6 is 24.8 Å². The molecule has 2 aromatic carbocycles. The minimum absolute atomic E-state index is 0. The lowest BCUT2D eigenvalue weighted by Crippen LogP contribution is -2.44. The molecule has 1 heterocycles.